The lowest BCUT2D eigenvalue weighted by molar-refractivity contribution is -0.137. The van der Waals surface area contributed by atoms with E-state index in [1.54, 1.807) is 26.0 Å². The Morgan fingerprint density at radius 3 is 2.58 bits per heavy atom. The lowest BCUT2D eigenvalue weighted by Gasteiger charge is -2.20. The van der Waals surface area contributed by atoms with Gasteiger partial charge in [0, 0.05) is 0 Å². The Morgan fingerprint density at radius 1 is 1.29 bits per heavy atom. The highest BCUT2D eigenvalue weighted by molar-refractivity contribution is 8.04. The van der Waals surface area contributed by atoms with E-state index in [1.165, 1.54) is 17.8 Å². The topological polar surface area (TPSA) is 65.1 Å². The summed E-state index contributed by atoms with van der Waals surface area (Å²) in [7, 11) is 3.15. The molecule has 0 atom stereocenters. The molecule has 0 radical (unpaired) electrons. The van der Waals surface area contributed by atoms with Crippen molar-refractivity contribution in [3.8, 4) is 11.5 Å². The summed E-state index contributed by atoms with van der Waals surface area (Å²) in [5.74, 6) is 1.09. The predicted octanol–water partition coefficient (Wildman–Crippen LogP) is 2.49. The fourth-order valence-corrected chi connectivity index (χ4v) is 3.28. The van der Waals surface area contributed by atoms with Crippen molar-refractivity contribution in [1.29, 1.82) is 0 Å². The predicted molar refractivity (Wildman–Crippen MR) is 92.0 cm³/mol. The minimum atomic E-state index is -0.441. The number of methoxy groups -OCH3 is 2. The summed E-state index contributed by atoms with van der Waals surface area (Å²) >= 11 is 1.34. The Balaban J connectivity index is 2.27. The molecule has 2 rings (SSSR count). The number of hydrogen-bond acceptors (Lipinski definition) is 6. The lowest BCUT2D eigenvalue weighted by atomic mass is 10.1. The van der Waals surface area contributed by atoms with Crippen molar-refractivity contribution < 1.29 is 23.8 Å². The molecule has 1 saturated heterocycles. The molecule has 0 spiro atoms. The molecule has 1 aliphatic rings. The SMILES string of the molecule is CCOC(=O)/C=C1\SCC(=O)N1Cc1cc(OC)c(OC)cc1C. The van der Waals surface area contributed by atoms with Gasteiger partial charge in [-0.25, -0.2) is 4.79 Å². The van der Waals surface area contributed by atoms with Gasteiger partial charge in [-0.1, -0.05) is 11.8 Å². The number of benzene rings is 1. The van der Waals surface area contributed by atoms with Crippen LogP contribution in [0.3, 0.4) is 0 Å². The molecule has 0 aliphatic carbocycles. The van der Waals surface area contributed by atoms with E-state index in [2.05, 4.69) is 0 Å². The molecule has 7 heteroatoms. The second-order valence-corrected chi connectivity index (χ2v) is 6.13. The Kier molecular flexibility index (Phi) is 6.14. The van der Waals surface area contributed by atoms with Crippen LogP contribution in [0.1, 0.15) is 18.1 Å². The standard InChI is InChI=1S/C17H21NO5S/c1-5-23-17(20)8-16-18(15(19)10-24-16)9-12-7-14(22-4)13(21-3)6-11(12)2/h6-8H,5,9-10H2,1-4H3/b16-8-. The van der Waals surface area contributed by atoms with Gasteiger partial charge in [-0.05, 0) is 37.1 Å². The number of esters is 1. The zero-order valence-corrected chi connectivity index (χ0v) is 15.1. The molecule has 1 heterocycles. The van der Waals surface area contributed by atoms with Gasteiger partial charge in [-0.2, -0.15) is 0 Å². The Hall–Kier alpha value is -2.15. The summed E-state index contributed by atoms with van der Waals surface area (Å²) in [6.45, 7) is 4.35. The minimum absolute atomic E-state index is 0.0373. The molecule has 0 unspecified atom stereocenters. The number of carbonyl (C=O) groups excluding carboxylic acids is 2. The van der Waals surface area contributed by atoms with Crippen LogP contribution in [0.4, 0.5) is 0 Å². The van der Waals surface area contributed by atoms with Crippen molar-refractivity contribution in [2.45, 2.75) is 20.4 Å². The van der Waals surface area contributed by atoms with Gasteiger partial charge in [0.25, 0.3) is 0 Å². The zero-order valence-electron chi connectivity index (χ0n) is 14.3. The van der Waals surface area contributed by atoms with Crippen LogP contribution in [-0.2, 0) is 20.9 Å². The van der Waals surface area contributed by atoms with Gasteiger partial charge < -0.3 is 19.1 Å². The summed E-state index contributed by atoms with van der Waals surface area (Å²) in [6, 6.07) is 3.73. The summed E-state index contributed by atoms with van der Waals surface area (Å²) in [5, 5.41) is 0.604. The molecule has 24 heavy (non-hydrogen) atoms. The average Bonchev–Trinajstić information content (AvgIpc) is 2.89. The van der Waals surface area contributed by atoms with Gasteiger partial charge in [0.1, 0.15) is 0 Å². The van der Waals surface area contributed by atoms with Crippen molar-refractivity contribution in [2.24, 2.45) is 0 Å². The van der Waals surface area contributed by atoms with E-state index in [1.807, 2.05) is 19.1 Å². The maximum atomic E-state index is 12.2. The number of hydrogen-bond donors (Lipinski definition) is 0. The van der Waals surface area contributed by atoms with Crippen LogP contribution in [0.15, 0.2) is 23.2 Å². The fourth-order valence-electron chi connectivity index (χ4n) is 2.35. The zero-order chi connectivity index (χ0) is 17.7. The van der Waals surface area contributed by atoms with Crippen LogP contribution in [0, 0.1) is 6.92 Å². The van der Waals surface area contributed by atoms with E-state index >= 15 is 0 Å². The van der Waals surface area contributed by atoms with E-state index in [-0.39, 0.29) is 5.91 Å². The molecule has 130 valence electrons. The molecule has 6 nitrogen and oxygen atoms in total. The highest BCUT2D eigenvalue weighted by Crippen LogP contribution is 2.34. The van der Waals surface area contributed by atoms with Crippen molar-refractivity contribution in [2.75, 3.05) is 26.6 Å². The van der Waals surface area contributed by atoms with E-state index in [0.29, 0.717) is 35.4 Å². The van der Waals surface area contributed by atoms with Crippen LogP contribution in [-0.4, -0.2) is 43.4 Å². The Morgan fingerprint density at radius 2 is 1.96 bits per heavy atom. The molecule has 0 bridgehead atoms. The number of thioether (sulfide) groups is 1. The highest BCUT2D eigenvalue weighted by Gasteiger charge is 2.28. The Labute approximate surface area is 145 Å². The van der Waals surface area contributed by atoms with Crippen LogP contribution in [0.5, 0.6) is 11.5 Å². The van der Waals surface area contributed by atoms with Gasteiger partial charge in [-0.15, -0.1) is 0 Å². The maximum Gasteiger partial charge on any atom is 0.333 e. The molecule has 1 fully saturated rings. The van der Waals surface area contributed by atoms with Gasteiger partial charge in [0.2, 0.25) is 5.91 Å². The lowest BCUT2D eigenvalue weighted by Crippen LogP contribution is -2.25. The van der Waals surface area contributed by atoms with Gasteiger partial charge >= 0.3 is 5.97 Å². The van der Waals surface area contributed by atoms with Crippen LogP contribution in [0.2, 0.25) is 0 Å². The van der Waals surface area contributed by atoms with Gasteiger partial charge in [-0.3, -0.25) is 4.79 Å². The normalized spacial score (nSPS) is 15.8. The summed E-state index contributed by atoms with van der Waals surface area (Å²) < 4.78 is 15.5. The monoisotopic (exact) mass is 351 g/mol. The van der Waals surface area contributed by atoms with E-state index in [9.17, 15) is 9.59 Å². The van der Waals surface area contributed by atoms with Gasteiger partial charge in [0.15, 0.2) is 11.5 Å². The average molecular weight is 351 g/mol. The Bertz CT molecular complexity index is 671. The molecule has 1 aliphatic heterocycles. The van der Waals surface area contributed by atoms with Crippen molar-refractivity contribution >= 4 is 23.6 Å². The molecular weight excluding hydrogens is 330 g/mol. The van der Waals surface area contributed by atoms with Crippen LogP contribution < -0.4 is 9.47 Å². The number of rotatable bonds is 6. The summed E-state index contributed by atoms with van der Waals surface area (Å²) in [6.07, 6.45) is 1.37. The number of nitrogens with zero attached hydrogens (tertiary/aromatic N) is 1. The second kappa shape index (κ2) is 8.10. The van der Waals surface area contributed by atoms with Crippen molar-refractivity contribution in [3.05, 3.63) is 34.4 Å². The van der Waals surface area contributed by atoms with Gasteiger partial charge in [0.05, 0.1) is 44.2 Å². The molecule has 0 N–H and O–H groups in total. The fraction of sp³-hybridized carbons (Fsp3) is 0.412. The van der Waals surface area contributed by atoms with E-state index in [0.717, 1.165) is 11.1 Å². The molecule has 0 saturated carbocycles. The smallest absolute Gasteiger partial charge is 0.333 e. The number of aryl methyl sites for hydroxylation is 1. The van der Waals surface area contributed by atoms with E-state index in [4.69, 9.17) is 14.2 Å². The molecular formula is C17H21NO5S. The molecule has 1 aromatic rings. The van der Waals surface area contributed by atoms with Crippen molar-refractivity contribution in [3.63, 3.8) is 0 Å². The second-order valence-electron chi connectivity index (χ2n) is 5.14. The molecule has 1 aromatic carbocycles. The summed E-state index contributed by atoms with van der Waals surface area (Å²) in [4.78, 5) is 25.4. The van der Waals surface area contributed by atoms with E-state index < -0.39 is 5.97 Å². The van der Waals surface area contributed by atoms with Crippen molar-refractivity contribution in [1.82, 2.24) is 4.90 Å². The summed E-state index contributed by atoms with van der Waals surface area (Å²) in [5.41, 5.74) is 1.91. The largest absolute Gasteiger partial charge is 0.493 e. The first-order chi connectivity index (χ1) is 11.5. The third kappa shape index (κ3) is 4.03. The third-order valence-corrected chi connectivity index (χ3v) is 4.63. The van der Waals surface area contributed by atoms with Crippen LogP contribution >= 0.6 is 11.8 Å². The first-order valence-electron chi connectivity index (χ1n) is 7.53. The third-order valence-electron chi connectivity index (χ3n) is 3.61. The number of amides is 1. The first-order valence-corrected chi connectivity index (χ1v) is 8.51. The maximum absolute atomic E-state index is 12.2. The molecule has 1 amide bonds. The van der Waals surface area contributed by atoms with Crippen LogP contribution in [0.25, 0.3) is 0 Å². The quantitative estimate of drug-likeness (QED) is 0.579. The minimum Gasteiger partial charge on any atom is -0.493 e. The number of carbonyl (C=O) groups is 2. The highest BCUT2D eigenvalue weighted by atomic mass is 32.2. The first kappa shape index (κ1) is 18.2. The molecule has 0 aromatic heterocycles. The number of ether oxygens (including phenoxy) is 3.